The molecular formula is C14H18N2O5. The van der Waals surface area contributed by atoms with E-state index in [9.17, 15) is 10.1 Å². The van der Waals surface area contributed by atoms with E-state index >= 15 is 0 Å². The highest BCUT2D eigenvalue weighted by Gasteiger charge is 2.22. The number of nitro benzene ring substituents is 1. The van der Waals surface area contributed by atoms with Gasteiger partial charge in [0.15, 0.2) is 6.29 Å². The molecule has 2 heterocycles. The van der Waals surface area contributed by atoms with Gasteiger partial charge in [0.1, 0.15) is 0 Å². The molecule has 1 unspecified atom stereocenters. The molecule has 0 aliphatic carbocycles. The van der Waals surface area contributed by atoms with Gasteiger partial charge in [-0.25, -0.2) is 0 Å². The third-order valence-corrected chi connectivity index (χ3v) is 3.76. The Morgan fingerprint density at radius 1 is 1.19 bits per heavy atom. The largest absolute Gasteiger partial charge is 0.379 e. The van der Waals surface area contributed by atoms with Gasteiger partial charge in [0, 0.05) is 31.8 Å². The fourth-order valence-corrected chi connectivity index (χ4v) is 2.51. The van der Waals surface area contributed by atoms with E-state index in [4.69, 9.17) is 14.2 Å². The molecule has 1 atom stereocenters. The minimum absolute atomic E-state index is 0.0870. The molecule has 7 nitrogen and oxygen atoms in total. The molecule has 2 aliphatic rings. The Morgan fingerprint density at radius 3 is 2.62 bits per heavy atom. The van der Waals surface area contributed by atoms with E-state index in [2.05, 4.69) is 4.90 Å². The highest BCUT2D eigenvalue weighted by molar-refractivity contribution is 5.39. The van der Waals surface area contributed by atoms with Crippen molar-refractivity contribution in [1.82, 2.24) is 4.90 Å². The molecule has 0 bridgehead atoms. The van der Waals surface area contributed by atoms with Crippen LogP contribution in [0, 0.1) is 10.1 Å². The first-order valence-electron chi connectivity index (χ1n) is 7.02. The van der Waals surface area contributed by atoms with Gasteiger partial charge in [0.2, 0.25) is 0 Å². The molecule has 0 amide bonds. The molecule has 2 aliphatic heterocycles. The van der Waals surface area contributed by atoms with Gasteiger partial charge >= 0.3 is 0 Å². The van der Waals surface area contributed by atoms with Crippen LogP contribution in [0.15, 0.2) is 18.2 Å². The number of nitro groups is 1. The molecule has 3 rings (SSSR count). The quantitative estimate of drug-likeness (QED) is 0.618. The third kappa shape index (κ3) is 3.56. The Bertz CT molecular complexity index is 516. The predicted molar refractivity (Wildman–Crippen MR) is 73.7 cm³/mol. The van der Waals surface area contributed by atoms with Gasteiger partial charge in [-0.15, -0.1) is 0 Å². The van der Waals surface area contributed by atoms with E-state index in [1.165, 1.54) is 6.07 Å². The normalized spacial score (nSPS) is 23.3. The van der Waals surface area contributed by atoms with Gasteiger partial charge in [-0.2, -0.15) is 0 Å². The van der Waals surface area contributed by atoms with Crippen molar-refractivity contribution < 1.29 is 19.1 Å². The zero-order chi connectivity index (χ0) is 14.7. The van der Waals surface area contributed by atoms with Crippen LogP contribution in [0.5, 0.6) is 0 Å². The van der Waals surface area contributed by atoms with E-state index in [1.807, 2.05) is 0 Å². The average molecular weight is 294 g/mol. The lowest BCUT2D eigenvalue weighted by atomic mass is 10.1. The highest BCUT2D eigenvalue weighted by atomic mass is 16.7. The Kier molecular flexibility index (Phi) is 4.45. The van der Waals surface area contributed by atoms with Crippen molar-refractivity contribution in [2.24, 2.45) is 0 Å². The zero-order valence-electron chi connectivity index (χ0n) is 11.7. The SMILES string of the molecule is O=[N+]([O-])c1ccc2c(c1)COC(CN1CCOCC1)OC2. The number of nitrogens with zero attached hydrogens (tertiary/aromatic N) is 2. The summed E-state index contributed by atoms with van der Waals surface area (Å²) in [7, 11) is 0. The summed E-state index contributed by atoms with van der Waals surface area (Å²) in [6.07, 6.45) is -0.311. The Balaban J connectivity index is 1.63. The molecule has 0 N–H and O–H groups in total. The average Bonchev–Trinajstić information content (AvgIpc) is 2.70. The van der Waals surface area contributed by atoms with Crippen molar-refractivity contribution in [2.75, 3.05) is 32.8 Å². The van der Waals surface area contributed by atoms with E-state index in [0.29, 0.717) is 19.8 Å². The maximum absolute atomic E-state index is 10.8. The second kappa shape index (κ2) is 6.48. The first-order chi connectivity index (χ1) is 10.2. The smallest absolute Gasteiger partial charge is 0.269 e. The molecule has 7 heteroatoms. The molecule has 1 fully saturated rings. The summed E-state index contributed by atoms with van der Waals surface area (Å²) >= 11 is 0. The fraction of sp³-hybridized carbons (Fsp3) is 0.571. The molecule has 0 aromatic heterocycles. The molecule has 21 heavy (non-hydrogen) atoms. The molecule has 1 aromatic rings. The number of hydrogen-bond acceptors (Lipinski definition) is 6. The summed E-state index contributed by atoms with van der Waals surface area (Å²) < 4.78 is 16.8. The van der Waals surface area contributed by atoms with Gasteiger partial charge in [0.25, 0.3) is 5.69 Å². The van der Waals surface area contributed by atoms with Crippen molar-refractivity contribution in [1.29, 1.82) is 0 Å². The zero-order valence-corrected chi connectivity index (χ0v) is 11.7. The molecule has 114 valence electrons. The van der Waals surface area contributed by atoms with Gasteiger partial charge in [0.05, 0.1) is 31.4 Å². The van der Waals surface area contributed by atoms with Crippen LogP contribution in [-0.4, -0.2) is 49.0 Å². The summed E-state index contributed by atoms with van der Waals surface area (Å²) in [4.78, 5) is 12.7. The monoisotopic (exact) mass is 294 g/mol. The Morgan fingerprint density at radius 2 is 1.90 bits per heavy atom. The van der Waals surface area contributed by atoms with Crippen molar-refractivity contribution in [3.05, 3.63) is 39.4 Å². The summed E-state index contributed by atoms with van der Waals surface area (Å²) in [5, 5.41) is 10.8. The van der Waals surface area contributed by atoms with Crippen molar-refractivity contribution in [3.8, 4) is 0 Å². The molecule has 0 spiro atoms. The van der Waals surface area contributed by atoms with Crippen LogP contribution in [0.2, 0.25) is 0 Å². The number of ether oxygens (including phenoxy) is 3. The van der Waals surface area contributed by atoms with Gasteiger partial charge in [-0.05, 0) is 17.2 Å². The summed E-state index contributed by atoms with van der Waals surface area (Å²) in [6.45, 7) is 4.68. The van der Waals surface area contributed by atoms with E-state index in [-0.39, 0.29) is 12.0 Å². The molecule has 1 aromatic carbocycles. The lowest BCUT2D eigenvalue weighted by Crippen LogP contribution is -2.42. The first kappa shape index (κ1) is 14.4. The van der Waals surface area contributed by atoms with Crippen LogP contribution in [0.3, 0.4) is 0 Å². The maximum Gasteiger partial charge on any atom is 0.269 e. The van der Waals surface area contributed by atoms with Gasteiger partial charge in [-0.1, -0.05) is 0 Å². The summed E-state index contributed by atoms with van der Waals surface area (Å²) in [5.41, 5.74) is 1.86. The number of benzene rings is 1. The standard InChI is InChI=1S/C14H18N2O5/c17-16(18)13-2-1-11-9-20-14(21-10-12(11)7-13)8-15-3-5-19-6-4-15/h1-2,7,14H,3-6,8-10H2. The van der Waals surface area contributed by atoms with Crippen LogP contribution in [0.4, 0.5) is 5.69 Å². The van der Waals surface area contributed by atoms with Crippen LogP contribution in [-0.2, 0) is 27.4 Å². The number of hydrogen-bond donors (Lipinski definition) is 0. The number of morpholine rings is 1. The maximum atomic E-state index is 10.8. The minimum Gasteiger partial charge on any atom is -0.379 e. The molecular weight excluding hydrogens is 276 g/mol. The van der Waals surface area contributed by atoms with Gasteiger partial charge in [-0.3, -0.25) is 15.0 Å². The van der Waals surface area contributed by atoms with E-state index in [1.54, 1.807) is 12.1 Å². The lowest BCUT2D eigenvalue weighted by molar-refractivity contribution is -0.385. The topological polar surface area (TPSA) is 74.1 Å². The van der Waals surface area contributed by atoms with Crippen LogP contribution < -0.4 is 0 Å². The second-order valence-electron chi connectivity index (χ2n) is 5.17. The highest BCUT2D eigenvalue weighted by Crippen LogP contribution is 2.23. The Hall–Kier alpha value is -1.54. The Labute approximate surface area is 122 Å². The van der Waals surface area contributed by atoms with Crippen LogP contribution in [0.1, 0.15) is 11.1 Å². The van der Waals surface area contributed by atoms with Crippen molar-refractivity contribution >= 4 is 5.69 Å². The lowest BCUT2D eigenvalue weighted by Gasteiger charge is -2.29. The fourth-order valence-electron chi connectivity index (χ4n) is 2.51. The summed E-state index contributed by atoms with van der Waals surface area (Å²) in [6, 6.07) is 4.81. The molecule has 1 saturated heterocycles. The minimum atomic E-state index is -0.392. The number of fused-ring (bicyclic) bond motifs is 1. The molecule has 0 saturated carbocycles. The second-order valence-corrected chi connectivity index (χ2v) is 5.17. The van der Waals surface area contributed by atoms with Crippen molar-refractivity contribution in [3.63, 3.8) is 0 Å². The number of rotatable bonds is 3. The van der Waals surface area contributed by atoms with Crippen LogP contribution in [0.25, 0.3) is 0 Å². The van der Waals surface area contributed by atoms with Crippen LogP contribution >= 0.6 is 0 Å². The van der Waals surface area contributed by atoms with E-state index in [0.717, 1.165) is 37.4 Å². The number of non-ortho nitro benzene ring substituents is 1. The van der Waals surface area contributed by atoms with Crippen molar-refractivity contribution in [2.45, 2.75) is 19.5 Å². The molecule has 0 radical (unpaired) electrons. The first-order valence-corrected chi connectivity index (χ1v) is 7.02. The summed E-state index contributed by atoms with van der Waals surface area (Å²) in [5.74, 6) is 0. The predicted octanol–water partition coefficient (Wildman–Crippen LogP) is 1.30. The third-order valence-electron chi connectivity index (χ3n) is 3.76. The van der Waals surface area contributed by atoms with Gasteiger partial charge < -0.3 is 14.2 Å². The van der Waals surface area contributed by atoms with E-state index < -0.39 is 4.92 Å².